The number of nitrogens with one attached hydrogen (secondary N) is 1. The van der Waals surface area contributed by atoms with Gasteiger partial charge in [-0.1, -0.05) is 19.8 Å². The standard InChI is InChI=1S/C11H21NO/c1-9-4-3-5-10(8-9)11(13)6-7-12-2/h9-10,12H,3-8H2,1-2H3. The van der Waals surface area contributed by atoms with Gasteiger partial charge in [0.25, 0.3) is 0 Å². The van der Waals surface area contributed by atoms with Gasteiger partial charge in [0.1, 0.15) is 5.78 Å². The first kappa shape index (κ1) is 10.7. The third-order valence-corrected chi connectivity index (χ3v) is 3.01. The maximum absolute atomic E-state index is 11.7. The smallest absolute Gasteiger partial charge is 0.137 e. The van der Waals surface area contributed by atoms with Crippen molar-refractivity contribution >= 4 is 5.78 Å². The fraction of sp³-hybridized carbons (Fsp3) is 0.909. The third kappa shape index (κ3) is 3.47. The van der Waals surface area contributed by atoms with Gasteiger partial charge >= 0.3 is 0 Å². The van der Waals surface area contributed by atoms with Gasteiger partial charge in [0.15, 0.2) is 0 Å². The Balaban J connectivity index is 2.28. The summed E-state index contributed by atoms with van der Waals surface area (Å²) in [7, 11) is 1.90. The highest BCUT2D eigenvalue weighted by Gasteiger charge is 2.23. The molecule has 1 N–H and O–H groups in total. The van der Waals surface area contributed by atoms with Crippen molar-refractivity contribution < 1.29 is 4.79 Å². The molecule has 0 amide bonds. The van der Waals surface area contributed by atoms with E-state index < -0.39 is 0 Å². The molecule has 76 valence electrons. The summed E-state index contributed by atoms with van der Waals surface area (Å²) in [4.78, 5) is 11.7. The van der Waals surface area contributed by atoms with E-state index in [0.717, 1.165) is 25.3 Å². The second kappa shape index (κ2) is 5.38. The van der Waals surface area contributed by atoms with Gasteiger partial charge in [0.2, 0.25) is 0 Å². The Bertz CT molecular complexity index is 167. The zero-order valence-corrected chi connectivity index (χ0v) is 8.81. The number of carbonyl (C=O) groups is 1. The van der Waals surface area contributed by atoms with Crippen LogP contribution in [0.5, 0.6) is 0 Å². The van der Waals surface area contributed by atoms with E-state index in [1.807, 2.05) is 7.05 Å². The van der Waals surface area contributed by atoms with Crippen LogP contribution in [0.4, 0.5) is 0 Å². The maximum atomic E-state index is 11.7. The third-order valence-electron chi connectivity index (χ3n) is 3.01. The van der Waals surface area contributed by atoms with Crippen LogP contribution in [0.15, 0.2) is 0 Å². The monoisotopic (exact) mass is 183 g/mol. The van der Waals surface area contributed by atoms with Crippen LogP contribution >= 0.6 is 0 Å². The molecule has 2 nitrogen and oxygen atoms in total. The lowest BCUT2D eigenvalue weighted by atomic mass is 9.79. The molecule has 2 heteroatoms. The minimum absolute atomic E-state index is 0.372. The van der Waals surface area contributed by atoms with Gasteiger partial charge in [-0.15, -0.1) is 0 Å². The highest BCUT2D eigenvalue weighted by Crippen LogP contribution is 2.29. The van der Waals surface area contributed by atoms with E-state index >= 15 is 0 Å². The number of carbonyl (C=O) groups excluding carboxylic acids is 1. The lowest BCUT2D eigenvalue weighted by Gasteiger charge is -2.25. The van der Waals surface area contributed by atoms with Crippen LogP contribution in [0.3, 0.4) is 0 Å². The molecular weight excluding hydrogens is 162 g/mol. The molecular formula is C11H21NO. The van der Waals surface area contributed by atoms with E-state index in [1.165, 1.54) is 12.8 Å². The first-order valence-electron chi connectivity index (χ1n) is 5.41. The van der Waals surface area contributed by atoms with Crippen LogP contribution in [0.25, 0.3) is 0 Å². The molecule has 2 atom stereocenters. The molecule has 0 spiro atoms. The molecule has 0 bridgehead atoms. The van der Waals surface area contributed by atoms with Crippen LogP contribution in [-0.2, 0) is 4.79 Å². The first-order valence-corrected chi connectivity index (χ1v) is 5.41. The fourth-order valence-electron chi connectivity index (χ4n) is 2.18. The second-order valence-electron chi connectivity index (χ2n) is 4.29. The van der Waals surface area contributed by atoms with Crippen molar-refractivity contribution in [3.8, 4) is 0 Å². The average molecular weight is 183 g/mol. The highest BCUT2D eigenvalue weighted by molar-refractivity contribution is 5.81. The van der Waals surface area contributed by atoms with Gasteiger partial charge in [-0.2, -0.15) is 0 Å². The zero-order valence-electron chi connectivity index (χ0n) is 8.81. The van der Waals surface area contributed by atoms with Gasteiger partial charge in [0.05, 0.1) is 0 Å². The predicted octanol–water partition coefficient (Wildman–Crippen LogP) is 1.99. The molecule has 1 rings (SSSR count). The molecule has 2 unspecified atom stereocenters. The molecule has 1 aliphatic rings. The number of Topliss-reactive ketones (excluding diaryl/α,β-unsaturated/α-hetero) is 1. The summed E-state index contributed by atoms with van der Waals surface area (Å²) < 4.78 is 0. The van der Waals surface area contributed by atoms with E-state index in [-0.39, 0.29) is 0 Å². The van der Waals surface area contributed by atoms with Gasteiger partial charge in [-0.3, -0.25) is 4.79 Å². The molecule has 1 fully saturated rings. The Labute approximate surface area is 81.1 Å². The Hall–Kier alpha value is -0.370. The number of hydrogen-bond donors (Lipinski definition) is 1. The summed E-state index contributed by atoms with van der Waals surface area (Å²) in [6.07, 6.45) is 5.54. The van der Waals surface area contributed by atoms with Crippen molar-refractivity contribution in [3.63, 3.8) is 0 Å². The van der Waals surface area contributed by atoms with Crippen LogP contribution in [0.2, 0.25) is 0 Å². The van der Waals surface area contributed by atoms with Crippen molar-refractivity contribution in [1.29, 1.82) is 0 Å². The van der Waals surface area contributed by atoms with Crippen LogP contribution in [0, 0.1) is 11.8 Å². The summed E-state index contributed by atoms with van der Waals surface area (Å²) in [5, 5.41) is 3.03. The normalized spacial score (nSPS) is 28.8. The van der Waals surface area contributed by atoms with E-state index in [2.05, 4.69) is 12.2 Å². The lowest BCUT2D eigenvalue weighted by Crippen LogP contribution is -2.24. The Morgan fingerprint density at radius 2 is 2.23 bits per heavy atom. The summed E-state index contributed by atoms with van der Waals surface area (Å²) in [5.41, 5.74) is 0. The van der Waals surface area contributed by atoms with Gasteiger partial charge in [-0.25, -0.2) is 0 Å². The molecule has 0 aromatic heterocycles. The van der Waals surface area contributed by atoms with Crippen LogP contribution in [0.1, 0.15) is 39.0 Å². The molecule has 0 aliphatic heterocycles. The van der Waals surface area contributed by atoms with Crippen molar-refractivity contribution in [2.24, 2.45) is 11.8 Å². The highest BCUT2D eigenvalue weighted by atomic mass is 16.1. The predicted molar refractivity (Wildman–Crippen MR) is 54.7 cm³/mol. The minimum Gasteiger partial charge on any atom is -0.319 e. The molecule has 0 aromatic rings. The number of ketones is 1. The van der Waals surface area contributed by atoms with Gasteiger partial charge in [-0.05, 0) is 25.8 Å². The van der Waals surface area contributed by atoms with Crippen molar-refractivity contribution in [1.82, 2.24) is 5.32 Å². The Morgan fingerprint density at radius 1 is 1.46 bits per heavy atom. The SMILES string of the molecule is CNCCC(=O)C1CCCC(C)C1. The van der Waals surface area contributed by atoms with Gasteiger partial charge < -0.3 is 5.32 Å². The van der Waals surface area contributed by atoms with E-state index in [0.29, 0.717) is 18.1 Å². The molecule has 0 radical (unpaired) electrons. The molecule has 0 heterocycles. The summed E-state index contributed by atoms with van der Waals surface area (Å²) in [6, 6.07) is 0. The number of hydrogen-bond acceptors (Lipinski definition) is 2. The lowest BCUT2D eigenvalue weighted by molar-refractivity contribution is -0.124. The topological polar surface area (TPSA) is 29.1 Å². The zero-order chi connectivity index (χ0) is 9.68. The van der Waals surface area contributed by atoms with E-state index in [1.54, 1.807) is 0 Å². The first-order chi connectivity index (χ1) is 6.24. The van der Waals surface area contributed by atoms with Crippen molar-refractivity contribution in [2.75, 3.05) is 13.6 Å². The molecule has 1 aliphatic carbocycles. The summed E-state index contributed by atoms with van der Waals surface area (Å²) in [6.45, 7) is 3.10. The maximum Gasteiger partial charge on any atom is 0.137 e. The second-order valence-corrected chi connectivity index (χ2v) is 4.29. The Kier molecular flexibility index (Phi) is 4.43. The molecule has 1 saturated carbocycles. The van der Waals surface area contributed by atoms with E-state index in [9.17, 15) is 4.79 Å². The van der Waals surface area contributed by atoms with Crippen LogP contribution < -0.4 is 5.32 Å². The Morgan fingerprint density at radius 3 is 2.85 bits per heavy atom. The average Bonchev–Trinajstić information content (AvgIpc) is 2.14. The summed E-state index contributed by atoms with van der Waals surface area (Å²) >= 11 is 0. The molecule has 0 saturated heterocycles. The molecule has 13 heavy (non-hydrogen) atoms. The number of rotatable bonds is 4. The van der Waals surface area contributed by atoms with Crippen LogP contribution in [-0.4, -0.2) is 19.4 Å². The van der Waals surface area contributed by atoms with Gasteiger partial charge in [0, 0.05) is 18.9 Å². The summed E-state index contributed by atoms with van der Waals surface area (Å²) in [5.74, 6) is 1.61. The van der Waals surface area contributed by atoms with E-state index in [4.69, 9.17) is 0 Å². The van der Waals surface area contributed by atoms with Crippen molar-refractivity contribution in [2.45, 2.75) is 39.0 Å². The quantitative estimate of drug-likeness (QED) is 0.722. The fourth-order valence-corrected chi connectivity index (χ4v) is 2.18. The molecule has 0 aromatic carbocycles. The van der Waals surface area contributed by atoms with Crippen molar-refractivity contribution in [3.05, 3.63) is 0 Å². The minimum atomic E-state index is 0.372. The largest absolute Gasteiger partial charge is 0.319 e.